The van der Waals surface area contributed by atoms with Gasteiger partial charge in [-0.25, -0.2) is 4.68 Å². The number of aryl methyl sites for hydroxylation is 2. The zero-order valence-electron chi connectivity index (χ0n) is 16.1. The molecule has 0 saturated heterocycles. The first-order chi connectivity index (χ1) is 13.5. The van der Waals surface area contributed by atoms with Crippen LogP contribution in [0.2, 0.25) is 0 Å². The molecule has 28 heavy (non-hydrogen) atoms. The Labute approximate surface area is 162 Å². The third-order valence-electron chi connectivity index (χ3n) is 4.83. The molecule has 0 spiro atoms. The number of amides is 1. The van der Waals surface area contributed by atoms with Gasteiger partial charge >= 0.3 is 0 Å². The number of nitrogens with zero attached hydrogens (tertiary/aromatic N) is 7. The first-order valence-electron chi connectivity index (χ1n) is 9.09. The van der Waals surface area contributed by atoms with E-state index in [0.29, 0.717) is 19.0 Å². The summed E-state index contributed by atoms with van der Waals surface area (Å²) < 4.78 is 7.60. The van der Waals surface area contributed by atoms with Crippen LogP contribution in [0.5, 0.6) is 5.88 Å². The van der Waals surface area contributed by atoms with Crippen LogP contribution in [0.15, 0.2) is 24.4 Å². The van der Waals surface area contributed by atoms with Crippen molar-refractivity contribution in [3.63, 3.8) is 0 Å². The average Bonchev–Trinajstić information content (AvgIpc) is 3.06. The predicted molar refractivity (Wildman–Crippen MR) is 99.8 cm³/mol. The molecule has 9 nitrogen and oxygen atoms in total. The van der Waals surface area contributed by atoms with Gasteiger partial charge in [0.05, 0.1) is 29.8 Å². The van der Waals surface area contributed by atoms with Crippen molar-refractivity contribution in [3.05, 3.63) is 52.7 Å². The van der Waals surface area contributed by atoms with Gasteiger partial charge in [-0.2, -0.15) is 0 Å². The van der Waals surface area contributed by atoms with Gasteiger partial charge in [0.1, 0.15) is 12.3 Å². The highest BCUT2D eigenvalue weighted by Gasteiger charge is 2.21. The van der Waals surface area contributed by atoms with E-state index >= 15 is 0 Å². The first-order valence-corrected chi connectivity index (χ1v) is 9.09. The Morgan fingerprint density at radius 1 is 1.21 bits per heavy atom. The van der Waals surface area contributed by atoms with Crippen LogP contribution in [0.4, 0.5) is 0 Å². The second-order valence-corrected chi connectivity index (χ2v) is 6.82. The standard InChI is InChI=1S/C19H21N7O2/c1-12-4-5-16(9-20-12)26-18(13(2)21-24-26)11-28-19-8-15-6-7-25(14(3)27)10-17(15)22-23-19/h4-5,8-9H,6-7,10-11H2,1-3H3. The van der Waals surface area contributed by atoms with Crippen molar-refractivity contribution in [1.29, 1.82) is 0 Å². The van der Waals surface area contributed by atoms with Gasteiger partial charge in [-0.1, -0.05) is 5.21 Å². The molecule has 3 aromatic rings. The molecule has 3 aromatic heterocycles. The number of carbonyl (C=O) groups is 1. The minimum Gasteiger partial charge on any atom is -0.470 e. The Morgan fingerprint density at radius 3 is 2.82 bits per heavy atom. The highest BCUT2D eigenvalue weighted by molar-refractivity contribution is 5.73. The van der Waals surface area contributed by atoms with E-state index in [-0.39, 0.29) is 12.5 Å². The first kappa shape index (κ1) is 18.0. The summed E-state index contributed by atoms with van der Waals surface area (Å²) in [5.41, 5.74) is 5.25. The third kappa shape index (κ3) is 3.55. The second-order valence-electron chi connectivity index (χ2n) is 6.82. The van der Waals surface area contributed by atoms with E-state index in [0.717, 1.165) is 40.4 Å². The maximum absolute atomic E-state index is 11.5. The summed E-state index contributed by atoms with van der Waals surface area (Å²) in [7, 11) is 0. The number of pyridine rings is 1. The average molecular weight is 379 g/mol. The lowest BCUT2D eigenvalue weighted by molar-refractivity contribution is -0.129. The number of hydrogen-bond acceptors (Lipinski definition) is 7. The van der Waals surface area contributed by atoms with Crippen LogP contribution < -0.4 is 4.74 Å². The van der Waals surface area contributed by atoms with E-state index in [4.69, 9.17) is 4.74 Å². The van der Waals surface area contributed by atoms with E-state index < -0.39 is 0 Å². The summed E-state index contributed by atoms with van der Waals surface area (Å²) in [6.07, 6.45) is 2.50. The van der Waals surface area contributed by atoms with Gasteiger partial charge in [0.15, 0.2) is 0 Å². The van der Waals surface area contributed by atoms with Crippen LogP contribution in [0.3, 0.4) is 0 Å². The molecule has 0 N–H and O–H groups in total. The lowest BCUT2D eigenvalue weighted by Gasteiger charge is -2.26. The monoisotopic (exact) mass is 379 g/mol. The zero-order valence-corrected chi connectivity index (χ0v) is 16.1. The van der Waals surface area contributed by atoms with Crippen LogP contribution in [0, 0.1) is 13.8 Å². The quantitative estimate of drug-likeness (QED) is 0.678. The fraction of sp³-hybridized carbons (Fsp3) is 0.368. The molecule has 0 fully saturated rings. The van der Waals surface area contributed by atoms with Gasteiger partial charge in [-0.05, 0) is 38.0 Å². The lowest BCUT2D eigenvalue weighted by Crippen LogP contribution is -2.35. The largest absolute Gasteiger partial charge is 0.470 e. The molecule has 1 aliphatic heterocycles. The van der Waals surface area contributed by atoms with Crippen molar-refractivity contribution in [2.24, 2.45) is 0 Å². The molecule has 4 rings (SSSR count). The number of fused-ring (bicyclic) bond motifs is 1. The van der Waals surface area contributed by atoms with Crippen molar-refractivity contribution in [1.82, 2.24) is 35.1 Å². The summed E-state index contributed by atoms with van der Waals surface area (Å²) in [5.74, 6) is 0.499. The summed E-state index contributed by atoms with van der Waals surface area (Å²) in [6.45, 7) is 6.83. The molecule has 1 amide bonds. The van der Waals surface area contributed by atoms with E-state index in [2.05, 4.69) is 25.5 Å². The smallest absolute Gasteiger partial charge is 0.234 e. The Balaban J connectivity index is 1.51. The van der Waals surface area contributed by atoms with E-state index in [1.54, 1.807) is 22.7 Å². The molecule has 1 aliphatic rings. The Hall–Kier alpha value is -3.36. The van der Waals surface area contributed by atoms with Crippen LogP contribution in [0.25, 0.3) is 5.69 Å². The minimum absolute atomic E-state index is 0.0506. The molecule has 9 heteroatoms. The molecule has 144 valence electrons. The highest BCUT2D eigenvalue weighted by atomic mass is 16.5. The second kappa shape index (κ2) is 7.34. The number of carbonyl (C=O) groups excluding carboxylic acids is 1. The maximum Gasteiger partial charge on any atom is 0.234 e. The molecule has 0 unspecified atom stereocenters. The Kier molecular flexibility index (Phi) is 4.72. The summed E-state index contributed by atoms with van der Waals surface area (Å²) in [4.78, 5) is 17.6. The van der Waals surface area contributed by atoms with E-state index in [1.165, 1.54) is 0 Å². The molecule has 0 aliphatic carbocycles. The molecule has 0 aromatic carbocycles. The van der Waals surface area contributed by atoms with Crippen molar-refractivity contribution < 1.29 is 9.53 Å². The Bertz CT molecular complexity index is 1010. The molecule has 4 heterocycles. The summed E-state index contributed by atoms with van der Waals surface area (Å²) in [5, 5.41) is 16.8. The molecule has 0 saturated carbocycles. The van der Waals surface area contributed by atoms with Gasteiger partial charge in [0, 0.05) is 25.2 Å². The van der Waals surface area contributed by atoms with Crippen molar-refractivity contribution in [3.8, 4) is 11.6 Å². The van der Waals surface area contributed by atoms with Crippen molar-refractivity contribution >= 4 is 5.91 Å². The predicted octanol–water partition coefficient (Wildman–Crippen LogP) is 1.55. The molecular weight excluding hydrogens is 358 g/mol. The number of ether oxygens (including phenoxy) is 1. The van der Waals surface area contributed by atoms with Gasteiger partial charge in [0.25, 0.3) is 0 Å². The van der Waals surface area contributed by atoms with Gasteiger partial charge in [-0.3, -0.25) is 9.78 Å². The maximum atomic E-state index is 11.5. The molecule has 0 radical (unpaired) electrons. The lowest BCUT2D eigenvalue weighted by atomic mass is 10.1. The molecule has 0 atom stereocenters. The number of aromatic nitrogens is 6. The number of hydrogen-bond donors (Lipinski definition) is 0. The minimum atomic E-state index is 0.0506. The van der Waals surface area contributed by atoms with Crippen molar-refractivity contribution in [2.75, 3.05) is 6.54 Å². The van der Waals surface area contributed by atoms with E-state index in [1.807, 2.05) is 32.0 Å². The van der Waals surface area contributed by atoms with E-state index in [9.17, 15) is 4.79 Å². The van der Waals surface area contributed by atoms with Crippen LogP contribution in [0.1, 0.15) is 35.3 Å². The Morgan fingerprint density at radius 2 is 2.07 bits per heavy atom. The fourth-order valence-electron chi connectivity index (χ4n) is 3.12. The van der Waals surface area contributed by atoms with Gasteiger partial charge in [0.2, 0.25) is 11.8 Å². The molecule has 0 bridgehead atoms. The number of rotatable bonds is 4. The topological polar surface area (TPSA) is 98.9 Å². The summed E-state index contributed by atoms with van der Waals surface area (Å²) in [6, 6.07) is 5.77. The third-order valence-corrected chi connectivity index (χ3v) is 4.83. The molecular formula is C19H21N7O2. The zero-order chi connectivity index (χ0) is 19.7. The SMILES string of the molecule is CC(=O)N1CCc2cc(OCc3c(C)nnn3-c3ccc(C)nc3)nnc2C1. The van der Waals surface area contributed by atoms with Crippen LogP contribution in [-0.4, -0.2) is 47.5 Å². The summed E-state index contributed by atoms with van der Waals surface area (Å²) >= 11 is 0. The highest BCUT2D eigenvalue weighted by Crippen LogP contribution is 2.21. The van der Waals surface area contributed by atoms with Gasteiger partial charge in [-0.15, -0.1) is 15.3 Å². The van der Waals surface area contributed by atoms with Crippen LogP contribution in [-0.2, 0) is 24.4 Å². The van der Waals surface area contributed by atoms with Crippen LogP contribution >= 0.6 is 0 Å². The van der Waals surface area contributed by atoms with Crippen molar-refractivity contribution in [2.45, 2.75) is 40.3 Å². The van der Waals surface area contributed by atoms with Gasteiger partial charge < -0.3 is 9.64 Å². The fourth-order valence-corrected chi connectivity index (χ4v) is 3.12. The normalized spacial score (nSPS) is 13.3.